The second kappa shape index (κ2) is 4.47. The fourth-order valence-corrected chi connectivity index (χ4v) is 0.582. The van der Waals surface area contributed by atoms with Crippen LogP contribution in [0.3, 0.4) is 0 Å². The second-order valence-corrected chi connectivity index (χ2v) is 2.32. The Labute approximate surface area is 62.8 Å². The van der Waals surface area contributed by atoms with Crippen LogP contribution in [0.25, 0.3) is 0 Å². The van der Waals surface area contributed by atoms with Gasteiger partial charge < -0.3 is 9.47 Å². The predicted molar refractivity (Wildman–Crippen MR) is 41.9 cm³/mol. The SMILES string of the molecule is CC=CCC(C)(OC)OC. The van der Waals surface area contributed by atoms with Crippen LogP contribution in [0.1, 0.15) is 20.3 Å². The van der Waals surface area contributed by atoms with Crippen LogP contribution in [0, 0.1) is 0 Å². The van der Waals surface area contributed by atoms with Gasteiger partial charge in [-0.25, -0.2) is 0 Å². The molecule has 0 bridgehead atoms. The Balaban J connectivity index is 3.80. The summed E-state index contributed by atoms with van der Waals surface area (Å²) in [5, 5.41) is 0. The molecule has 0 saturated carbocycles. The first kappa shape index (κ1) is 9.66. The van der Waals surface area contributed by atoms with Crippen molar-refractivity contribution in [2.45, 2.75) is 26.1 Å². The monoisotopic (exact) mass is 144 g/mol. The van der Waals surface area contributed by atoms with Crippen LogP contribution in [0.4, 0.5) is 0 Å². The maximum atomic E-state index is 5.12. The van der Waals surface area contributed by atoms with Crippen molar-refractivity contribution in [3.05, 3.63) is 12.2 Å². The summed E-state index contributed by atoms with van der Waals surface area (Å²) in [6, 6.07) is 0. The Hall–Kier alpha value is -0.340. The number of hydrogen-bond acceptors (Lipinski definition) is 2. The van der Waals surface area contributed by atoms with Gasteiger partial charge in [0.05, 0.1) is 0 Å². The lowest BCUT2D eigenvalue weighted by Crippen LogP contribution is -2.28. The van der Waals surface area contributed by atoms with Crippen LogP contribution in [0.15, 0.2) is 12.2 Å². The maximum absolute atomic E-state index is 5.12. The van der Waals surface area contributed by atoms with Gasteiger partial charge in [0, 0.05) is 20.6 Å². The third kappa shape index (κ3) is 2.99. The van der Waals surface area contributed by atoms with E-state index in [4.69, 9.17) is 9.47 Å². The van der Waals surface area contributed by atoms with E-state index < -0.39 is 5.79 Å². The van der Waals surface area contributed by atoms with Crippen molar-refractivity contribution < 1.29 is 9.47 Å². The molecule has 0 spiro atoms. The highest BCUT2D eigenvalue weighted by Crippen LogP contribution is 2.14. The molecule has 0 aromatic rings. The molecule has 0 saturated heterocycles. The van der Waals surface area contributed by atoms with Gasteiger partial charge in [0.2, 0.25) is 0 Å². The molecule has 0 aromatic heterocycles. The standard InChI is InChI=1S/C8H16O2/c1-5-6-7-8(2,9-3)10-4/h5-6H,7H2,1-4H3. The summed E-state index contributed by atoms with van der Waals surface area (Å²) in [5.41, 5.74) is 0. The highest BCUT2D eigenvalue weighted by Gasteiger charge is 2.19. The van der Waals surface area contributed by atoms with Gasteiger partial charge in [-0.3, -0.25) is 0 Å². The minimum atomic E-state index is -0.452. The normalized spacial score (nSPS) is 12.8. The van der Waals surface area contributed by atoms with E-state index in [9.17, 15) is 0 Å². The minimum Gasteiger partial charge on any atom is -0.353 e. The number of methoxy groups -OCH3 is 2. The summed E-state index contributed by atoms with van der Waals surface area (Å²) in [5.74, 6) is -0.452. The Bertz CT molecular complexity index is 104. The summed E-state index contributed by atoms with van der Waals surface area (Å²) >= 11 is 0. The molecule has 2 heteroatoms. The van der Waals surface area contributed by atoms with Gasteiger partial charge in [-0.1, -0.05) is 12.2 Å². The Morgan fingerprint density at radius 2 is 1.80 bits per heavy atom. The quantitative estimate of drug-likeness (QED) is 0.443. The van der Waals surface area contributed by atoms with Gasteiger partial charge in [0.15, 0.2) is 5.79 Å². The zero-order valence-electron chi connectivity index (χ0n) is 7.18. The molecular weight excluding hydrogens is 128 g/mol. The fraction of sp³-hybridized carbons (Fsp3) is 0.750. The minimum absolute atomic E-state index is 0.452. The average molecular weight is 144 g/mol. The average Bonchev–Trinajstić information content (AvgIpc) is 2.00. The number of hydrogen-bond donors (Lipinski definition) is 0. The summed E-state index contributed by atoms with van der Waals surface area (Å²) in [6.45, 7) is 3.89. The molecule has 0 amide bonds. The third-order valence-electron chi connectivity index (χ3n) is 1.59. The topological polar surface area (TPSA) is 18.5 Å². The molecule has 0 aliphatic carbocycles. The molecule has 0 aliphatic heterocycles. The van der Waals surface area contributed by atoms with Crippen LogP contribution in [-0.4, -0.2) is 20.0 Å². The molecule has 0 N–H and O–H groups in total. The summed E-state index contributed by atoms with van der Waals surface area (Å²) in [4.78, 5) is 0. The largest absolute Gasteiger partial charge is 0.353 e. The van der Waals surface area contributed by atoms with Crippen LogP contribution in [-0.2, 0) is 9.47 Å². The molecule has 0 atom stereocenters. The van der Waals surface area contributed by atoms with E-state index in [0.29, 0.717) is 0 Å². The van der Waals surface area contributed by atoms with Gasteiger partial charge in [-0.15, -0.1) is 0 Å². The van der Waals surface area contributed by atoms with E-state index >= 15 is 0 Å². The highest BCUT2D eigenvalue weighted by atomic mass is 16.7. The lowest BCUT2D eigenvalue weighted by Gasteiger charge is -2.24. The van der Waals surface area contributed by atoms with Crippen molar-refractivity contribution in [3.63, 3.8) is 0 Å². The fourth-order valence-electron chi connectivity index (χ4n) is 0.582. The first-order valence-electron chi connectivity index (χ1n) is 3.40. The number of allylic oxidation sites excluding steroid dienone is 1. The summed E-state index contributed by atoms with van der Waals surface area (Å²) in [7, 11) is 3.29. The zero-order chi connectivity index (χ0) is 8.04. The van der Waals surface area contributed by atoms with E-state index in [1.54, 1.807) is 14.2 Å². The molecule has 0 radical (unpaired) electrons. The van der Waals surface area contributed by atoms with Crippen molar-refractivity contribution in [1.29, 1.82) is 0 Å². The van der Waals surface area contributed by atoms with E-state index in [1.165, 1.54) is 0 Å². The molecular formula is C8H16O2. The van der Waals surface area contributed by atoms with Crippen molar-refractivity contribution in [3.8, 4) is 0 Å². The highest BCUT2D eigenvalue weighted by molar-refractivity contribution is 4.82. The summed E-state index contributed by atoms with van der Waals surface area (Å²) < 4.78 is 10.2. The van der Waals surface area contributed by atoms with Crippen LogP contribution in [0.5, 0.6) is 0 Å². The molecule has 0 heterocycles. The molecule has 0 unspecified atom stereocenters. The van der Waals surface area contributed by atoms with Crippen molar-refractivity contribution in [2.24, 2.45) is 0 Å². The lowest BCUT2D eigenvalue weighted by molar-refractivity contribution is -0.190. The third-order valence-corrected chi connectivity index (χ3v) is 1.59. The van der Waals surface area contributed by atoms with E-state index in [2.05, 4.69) is 0 Å². The van der Waals surface area contributed by atoms with Gasteiger partial charge in [0.1, 0.15) is 0 Å². The number of rotatable bonds is 4. The van der Waals surface area contributed by atoms with Crippen molar-refractivity contribution >= 4 is 0 Å². The Kier molecular flexibility index (Phi) is 4.32. The van der Waals surface area contributed by atoms with Crippen LogP contribution >= 0.6 is 0 Å². The van der Waals surface area contributed by atoms with E-state index in [0.717, 1.165) is 6.42 Å². The molecule has 2 nitrogen and oxygen atoms in total. The van der Waals surface area contributed by atoms with Gasteiger partial charge in [-0.05, 0) is 13.8 Å². The molecule has 60 valence electrons. The predicted octanol–water partition coefficient (Wildman–Crippen LogP) is 1.96. The summed E-state index contributed by atoms with van der Waals surface area (Å²) in [6.07, 6.45) is 4.79. The van der Waals surface area contributed by atoms with Crippen molar-refractivity contribution in [1.82, 2.24) is 0 Å². The molecule has 0 fully saturated rings. The van der Waals surface area contributed by atoms with Gasteiger partial charge in [0.25, 0.3) is 0 Å². The first-order valence-corrected chi connectivity index (χ1v) is 3.40. The van der Waals surface area contributed by atoms with Crippen LogP contribution < -0.4 is 0 Å². The lowest BCUT2D eigenvalue weighted by atomic mass is 10.2. The molecule has 0 aliphatic rings. The Morgan fingerprint density at radius 1 is 1.30 bits per heavy atom. The van der Waals surface area contributed by atoms with Crippen LogP contribution in [0.2, 0.25) is 0 Å². The second-order valence-electron chi connectivity index (χ2n) is 2.32. The molecule has 0 aromatic carbocycles. The smallest absolute Gasteiger partial charge is 0.168 e. The maximum Gasteiger partial charge on any atom is 0.168 e. The molecule has 10 heavy (non-hydrogen) atoms. The number of ether oxygens (including phenoxy) is 2. The van der Waals surface area contributed by atoms with E-state index in [-0.39, 0.29) is 0 Å². The van der Waals surface area contributed by atoms with Gasteiger partial charge >= 0.3 is 0 Å². The van der Waals surface area contributed by atoms with E-state index in [1.807, 2.05) is 26.0 Å². The van der Waals surface area contributed by atoms with Gasteiger partial charge in [-0.2, -0.15) is 0 Å². The molecule has 0 rings (SSSR count). The first-order chi connectivity index (χ1) is 4.68. The Morgan fingerprint density at radius 3 is 2.10 bits per heavy atom. The zero-order valence-corrected chi connectivity index (χ0v) is 7.18. The van der Waals surface area contributed by atoms with Crippen molar-refractivity contribution in [2.75, 3.05) is 14.2 Å².